The van der Waals surface area contributed by atoms with Crippen molar-refractivity contribution >= 4 is 43.7 Å². The Morgan fingerprint density at radius 3 is 1.49 bits per heavy atom. The Morgan fingerprint density at radius 2 is 0.765 bits per heavy atom. The standard InChI is InChI=1S/C64H42N4/c1-5-19-43(20-6-1)48-27-17-32-53(41-48)67-58-38-37-49(44-21-7-2-8-22-44)42-56(58)60-54(34-18-36-59(60)67)50-28-15-25-46(39-50)47-26-16-29-51(40-47)63-65-62(45-23-9-3-10-24-45)61-55-33-13-14-35-57(55)68(64(61)66-63)52-30-11-4-12-31-52/h1-42H. The van der Waals surface area contributed by atoms with Crippen LogP contribution in [-0.2, 0) is 0 Å². The third kappa shape index (κ3) is 6.69. The van der Waals surface area contributed by atoms with Crippen molar-refractivity contribution < 1.29 is 0 Å². The van der Waals surface area contributed by atoms with Crippen LogP contribution in [-0.4, -0.2) is 19.1 Å². The smallest absolute Gasteiger partial charge is 0.162 e. The first-order valence-corrected chi connectivity index (χ1v) is 23.2. The van der Waals surface area contributed by atoms with Gasteiger partial charge >= 0.3 is 0 Å². The summed E-state index contributed by atoms with van der Waals surface area (Å²) < 4.78 is 4.70. The van der Waals surface area contributed by atoms with Crippen molar-refractivity contribution in [3.05, 3.63) is 255 Å². The van der Waals surface area contributed by atoms with E-state index in [9.17, 15) is 0 Å². The molecule has 3 aromatic heterocycles. The zero-order chi connectivity index (χ0) is 45.0. The molecule has 0 atom stereocenters. The molecule has 0 amide bonds. The number of fused-ring (bicyclic) bond motifs is 6. The molecule has 13 aromatic rings. The predicted molar refractivity (Wildman–Crippen MR) is 283 cm³/mol. The van der Waals surface area contributed by atoms with E-state index >= 15 is 0 Å². The first-order valence-electron chi connectivity index (χ1n) is 23.2. The van der Waals surface area contributed by atoms with Crippen LogP contribution >= 0.6 is 0 Å². The monoisotopic (exact) mass is 866 g/mol. The number of rotatable bonds is 8. The summed E-state index contributed by atoms with van der Waals surface area (Å²) >= 11 is 0. The first kappa shape index (κ1) is 39.3. The maximum absolute atomic E-state index is 5.44. The lowest BCUT2D eigenvalue weighted by Gasteiger charge is -2.12. The molecule has 0 aliphatic rings. The van der Waals surface area contributed by atoms with Crippen molar-refractivity contribution in [2.24, 2.45) is 0 Å². The molecule has 0 bridgehead atoms. The number of nitrogens with zero attached hydrogens (tertiary/aromatic N) is 4. The Balaban J connectivity index is 0.973. The molecule has 0 aliphatic heterocycles. The molecular weight excluding hydrogens is 825 g/mol. The van der Waals surface area contributed by atoms with Gasteiger partial charge in [0.1, 0.15) is 5.65 Å². The van der Waals surface area contributed by atoms with E-state index < -0.39 is 0 Å². The van der Waals surface area contributed by atoms with Crippen molar-refractivity contribution in [2.75, 3.05) is 0 Å². The SMILES string of the molecule is c1ccc(-c2cccc(-n3c4ccc(-c5ccccc5)cc4c4c(-c5cccc(-c6cccc(-c7nc(-c8ccccc8)c8c9ccccc9n(-c9ccccc9)c8n7)c6)c5)cccc43)c2)cc1. The molecule has 0 saturated heterocycles. The van der Waals surface area contributed by atoms with Crippen molar-refractivity contribution in [2.45, 2.75) is 0 Å². The quantitative estimate of drug-likeness (QED) is 0.153. The van der Waals surface area contributed by atoms with Crippen molar-refractivity contribution in [3.8, 4) is 78.5 Å². The molecule has 0 fully saturated rings. The highest BCUT2D eigenvalue weighted by atomic mass is 15.1. The average molecular weight is 867 g/mol. The molecule has 318 valence electrons. The largest absolute Gasteiger partial charge is 0.309 e. The molecule has 0 unspecified atom stereocenters. The third-order valence-electron chi connectivity index (χ3n) is 13.3. The highest BCUT2D eigenvalue weighted by molar-refractivity contribution is 6.17. The van der Waals surface area contributed by atoms with Crippen LogP contribution in [0.3, 0.4) is 0 Å². The lowest BCUT2D eigenvalue weighted by Crippen LogP contribution is -1.99. The molecule has 68 heavy (non-hydrogen) atoms. The molecule has 3 heterocycles. The van der Waals surface area contributed by atoms with Crippen LogP contribution in [0.2, 0.25) is 0 Å². The van der Waals surface area contributed by atoms with E-state index in [1.54, 1.807) is 0 Å². The Labute approximate surface area is 394 Å². The number of hydrogen-bond acceptors (Lipinski definition) is 2. The summed E-state index contributed by atoms with van der Waals surface area (Å²) in [6, 6.07) is 91.1. The van der Waals surface area contributed by atoms with Gasteiger partial charge in [0.25, 0.3) is 0 Å². The molecule has 0 spiro atoms. The highest BCUT2D eigenvalue weighted by Crippen LogP contribution is 2.43. The minimum atomic E-state index is 0.678. The molecular formula is C64H42N4. The van der Waals surface area contributed by atoms with Gasteiger partial charge in [-0.3, -0.25) is 4.57 Å². The van der Waals surface area contributed by atoms with Crippen LogP contribution in [0.25, 0.3) is 122 Å². The molecule has 0 aliphatic carbocycles. The molecule has 4 heteroatoms. The van der Waals surface area contributed by atoms with E-state index in [2.05, 4.69) is 264 Å². The van der Waals surface area contributed by atoms with Crippen LogP contribution in [0.4, 0.5) is 0 Å². The number of benzene rings is 10. The second-order valence-corrected chi connectivity index (χ2v) is 17.4. The van der Waals surface area contributed by atoms with Crippen LogP contribution in [0.1, 0.15) is 0 Å². The van der Waals surface area contributed by atoms with Crippen LogP contribution in [0.15, 0.2) is 255 Å². The Bertz CT molecular complexity index is 4000. The number of hydrogen-bond donors (Lipinski definition) is 0. The van der Waals surface area contributed by atoms with Gasteiger partial charge in [0.05, 0.1) is 27.6 Å². The summed E-state index contributed by atoms with van der Waals surface area (Å²) in [6.07, 6.45) is 0. The predicted octanol–water partition coefficient (Wildman–Crippen LogP) is 16.7. The van der Waals surface area contributed by atoms with E-state index in [0.717, 1.165) is 72.3 Å². The number of aromatic nitrogens is 4. The minimum Gasteiger partial charge on any atom is -0.309 e. The third-order valence-corrected chi connectivity index (χ3v) is 13.3. The zero-order valence-corrected chi connectivity index (χ0v) is 37.0. The van der Waals surface area contributed by atoms with E-state index in [1.165, 1.54) is 44.1 Å². The van der Waals surface area contributed by atoms with Gasteiger partial charge in [0.2, 0.25) is 0 Å². The van der Waals surface area contributed by atoms with E-state index in [4.69, 9.17) is 9.97 Å². The Morgan fingerprint density at radius 1 is 0.265 bits per heavy atom. The Kier molecular flexibility index (Phi) is 9.47. The van der Waals surface area contributed by atoms with Crippen molar-refractivity contribution in [1.29, 1.82) is 0 Å². The van der Waals surface area contributed by atoms with E-state index in [-0.39, 0.29) is 0 Å². The Hall–Kier alpha value is -9.12. The molecule has 4 nitrogen and oxygen atoms in total. The fourth-order valence-electron chi connectivity index (χ4n) is 10.2. The zero-order valence-electron chi connectivity index (χ0n) is 37.0. The molecule has 0 N–H and O–H groups in total. The van der Waals surface area contributed by atoms with Crippen LogP contribution < -0.4 is 0 Å². The molecule has 0 radical (unpaired) electrons. The fraction of sp³-hybridized carbons (Fsp3) is 0. The van der Waals surface area contributed by atoms with Crippen molar-refractivity contribution in [1.82, 2.24) is 19.1 Å². The van der Waals surface area contributed by atoms with Gasteiger partial charge in [-0.2, -0.15) is 0 Å². The highest BCUT2D eigenvalue weighted by Gasteiger charge is 2.22. The normalized spacial score (nSPS) is 11.5. The van der Waals surface area contributed by atoms with E-state index in [1.807, 2.05) is 0 Å². The minimum absolute atomic E-state index is 0.678. The first-order chi connectivity index (χ1) is 33.7. The lowest BCUT2D eigenvalue weighted by molar-refractivity contribution is 1.11. The van der Waals surface area contributed by atoms with Crippen LogP contribution in [0.5, 0.6) is 0 Å². The summed E-state index contributed by atoms with van der Waals surface area (Å²) in [6.45, 7) is 0. The van der Waals surface area contributed by atoms with Gasteiger partial charge in [-0.1, -0.05) is 194 Å². The van der Waals surface area contributed by atoms with Gasteiger partial charge in [-0.05, 0) is 105 Å². The molecule has 13 rings (SSSR count). The van der Waals surface area contributed by atoms with Gasteiger partial charge < -0.3 is 4.57 Å². The maximum atomic E-state index is 5.44. The van der Waals surface area contributed by atoms with Crippen molar-refractivity contribution in [3.63, 3.8) is 0 Å². The van der Waals surface area contributed by atoms with E-state index in [0.29, 0.717) is 5.82 Å². The van der Waals surface area contributed by atoms with Gasteiger partial charge in [-0.15, -0.1) is 0 Å². The average Bonchev–Trinajstić information content (AvgIpc) is 3.94. The maximum Gasteiger partial charge on any atom is 0.162 e. The van der Waals surface area contributed by atoms with Gasteiger partial charge in [0.15, 0.2) is 5.82 Å². The molecule has 0 saturated carbocycles. The second kappa shape index (κ2) is 16.4. The fourth-order valence-corrected chi connectivity index (χ4v) is 10.2. The summed E-state index contributed by atoms with van der Waals surface area (Å²) in [7, 11) is 0. The van der Waals surface area contributed by atoms with Crippen LogP contribution in [0, 0.1) is 0 Å². The summed E-state index contributed by atoms with van der Waals surface area (Å²) in [5.74, 6) is 0.678. The summed E-state index contributed by atoms with van der Waals surface area (Å²) in [5.41, 5.74) is 18.7. The topological polar surface area (TPSA) is 35.6 Å². The molecule has 10 aromatic carbocycles. The summed E-state index contributed by atoms with van der Waals surface area (Å²) in [4.78, 5) is 10.9. The van der Waals surface area contributed by atoms with Gasteiger partial charge in [0, 0.05) is 38.7 Å². The summed E-state index contributed by atoms with van der Waals surface area (Å²) in [5, 5.41) is 4.60. The lowest BCUT2D eigenvalue weighted by atomic mass is 9.94. The second-order valence-electron chi connectivity index (χ2n) is 17.4. The van der Waals surface area contributed by atoms with Gasteiger partial charge in [-0.25, -0.2) is 9.97 Å². The number of para-hydroxylation sites is 2.